The molecule has 0 heterocycles. The molecular weight excluding hydrogens is 350 g/mol. The third-order valence-corrected chi connectivity index (χ3v) is 4.73. The largest absolute Gasteiger partial charge is 0.0861 e. The Morgan fingerprint density at radius 2 is 1.30 bits per heavy atom. The molecule has 1 aliphatic carbocycles. The molecule has 0 amide bonds. The van der Waals surface area contributed by atoms with Gasteiger partial charge in [0.05, 0.1) is 0 Å². The van der Waals surface area contributed by atoms with Crippen LogP contribution in [0.1, 0.15) is 25.7 Å². The topological polar surface area (TPSA) is 0 Å². The predicted molar refractivity (Wildman–Crippen MR) is 63.2 cm³/mol. The van der Waals surface area contributed by atoms with Crippen LogP contribution in [0.15, 0.2) is 0 Å². The predicted octanol–water partition coefficient (Wildman–Crippen LogP) is 3.66. The SMILES string of the molecule is IC[C@@H]1CCCC[C@@H]1CI. The molecule has 0 unspecified atom stereocenters. The van der Waals surface area contributed by atoms with E-state index in [-0.39, 0.29) is 0 Å². The molecule has 10 heavy (non-hydrogen) atoms. The molecule has 0 nitrogen and oxygen atoms in total. The van der Waals surface area contributed by atoms with Gasteiger partial charge in [0.1, 0.15) is 0 Å². The van der Waals surface area contributed by atoms with E-state index < -0.39 is 0 Å². The van der Waals surface area contributed by atoms with Crippen LogP contribution in [0, 0.1) is 11.8 Å². The highest BCUT2D eigenvalue weighted by molar-refractivity contribution is 14.1. The van der Waals surface area contributed by atoms with Gasteiger partial charge in [0, 0.05) is 8.86 Å². The van der Waals surface area contributed by atoms with Gasteiger partial charge < -0.3 is 0 Å². The minimum absolute atomic E-state index is 1.05. The van der Waals surface area contributed by atoms with Gasteiger partial charge in [-0.15, -0.1) is 0 Å². The van der Waals surface area contributed by atoms with Gasteiger partial charge in [-0.3, -0.25) is 0 Å². The third-order valence-electron chi connectivity index (χ3n) is 2.46. The number of hydrogen-bond acceptors (Lipinski definition) is 0. The first kappa shape index (κ1) is 9.55. The standard InChI is InChI=1S/C8H14I2/c9-5-7-3-1-2-4-8(7)6-10/h7-8H,1-6H2/t7-,8+. The fourth-order valence-corrected chi connectivity index (χ4v) is 4.01. The van der Waals surface area contributed by atoms with Gasteiger partial charge >= 0.3 is 0 Å². The first-order valence-corrected chi connectivity index (χ1v) is 7.05. The highest BCUT2D eigenvalue weighted by Crippen LogP contribution is 2.32. The van der Waals surface area contributed by atoms with Crippen LogP contribution in [0.2, 0.25) is 0 Å². The highest BCUT2D eigenvalue weighted by Gasteiger charge is 2.22. The maximum Gasteiger partial charge on any atom is 0.00266 e. The lowest BCUT2D eigenvalue weighted by Gasteiger charge is -2.28. The Morgan fingerprint density at radius 1 is 0.900 bits per heavy atom. The van der Waals surface area contributed by atoms with Crippen LogP contribution >= 0.6 is 45.2 Å². The summed E-state index contributed by atoms with van der Waals surface area (Å²) in [6.45, 7) is 0. The first-order chi connectivity index (χ1) is 4.88. The molecule has 2 heteroatoms. The second kappa shape index (κ2) is 5.17. The Bertz CT molecular complexity index is 81.3. The smallest absolute Gasteiger partial charge is 0.00266 e. The van der Waals surface area contributed by atoms with E-state index in [4.69, 9.17) is 0 Å². The Hall–Kier alpha value is 1.46. The summed E-state index contributed by atoms with van der Waals surface area (Å²) >= 11 is 5.08. The molecule has 1 aliphatic rings. The van der Waals surface area contributed by atoms with Gasteiger partial charge in [0.25, 0.3) is 0 Å². The van der Waals surface area contributed by atoms with E-state index in [9.17, 15) is 0 Å². The summed E-state index contributed by atoms with van der Waals surface area (Å²) in [5.74, 6) is 2.09. The summed E-state index contributed by atoms with van der Waals surface area (Å²) in [6.07, 6.45) is 5.97. The maximum atomic E-state index is 2.54. The van der Waals surface area contributed by atoms with Crippen molar-refractivity contribution in [2.75, 3.05) is 8.86 Å². The van der Waals surface area contributed by atoms with Crippen LogP contribution in [-0.2, 0) is 0 Å². The van der Waals surface area contributed by atoms with Crippen molar-refractivity contribution in [3.63, 3.8) is 0 Å². The van der Waals surface area contributed by atoms with Crippen LogP contribution in [0.25, 0.3) is 0 Å². The lowest BCUT2D eigenvalue weighted by molar-refractivity contribution is 0.293. The second-order valence-corrected chi connectivity index (χ2v) is 4.87. The van der Waals surface area contributed by atoms with Crippen LogP contribution in [-0.4, -0.2) is 8.86 Å². The van der Waals surface area contributed by atoms with E-state index in [0.29, 0.717) is 0 Å². The molecule has 2 atom stereocenters. The average molecular weight is 364 g/mol. The number of halogens is 2. The summed E-state index contributed by atoms with van der Waals surface area (Å²) < 4.78 is 2.76. The van der Waals surface area contributed by atoms with Crippen molar-refractivity contribution in [1.82, 2.24) is 0 Å². The van der Waals surface area contributed by atoms with Gasteiger partial charge in [-0.1, -0.05) is 58.0 Å². The zero-order valence-electron chi connectivity index (χ0n) is 6.15. The second-order valence-electron chi connectivity index (χ2n) is 3.11. The lowest BCUT2D eigenvalue weighted by Crippen LogP contribution is -2.21. The van der Waals surface area contributed by atoms with E-state index >= 15 is 0 Å². The van der Waals surface area contributed by atoms with Crippen molar-refractivity contribution in [3.05, 3.63) is 0 Å². The van der Waals surface area contributed by atoms with Gasteiger partial charge in [-0.2, -0.15) is 0 Å². The summed E-state index contributed by atoms with van der Waals surface area (Å²) in [5.41, 5.74) is 0. The number of hydrogen-bond donors (Lipinski definition) is 0. The van der Waals surface area contributed by atoms with E-state index in [1.165, 1.54) is 34.5 Å². The zero-order chi connectivity index (χ0) is 7.40. The van der Waals surface area contributed by atoms with E-state index in [1.807, 2.05) is 0 Å². The van der Waals surface area contributed by atoms with E-state index in [1.54, 1.807) is 0 Å². The summed E-state index contributed by atoms with van der Waals surface area (Å²) in [7, 11) is 0. The molecule has 0 aromatic rings. The minimum Gasteiger partial charge on any atom is -0.0861 e. The molecular formula is C8H14I2. The van der Waals surface area contributed by atoms with Crippen molar-refractivity contribution >= 4 is 45.2 Å². The van der Waals surface area contributed by atoms with Crippen molar-refractivity contribution < 1.29 is 0 Å². The molecule has 0 radical (unpaired) electrons. The molecule has 0 spiro atoms. The highest BCUT2D eigenvalue weighted by atomic mass is 127. The van der Waals surface area contributed by atoms with E-state index in [0.717, 1.165) is 11.8 Å². The molecule has 0 N–H and O–H groups in total. The van der Waals surface area contributed by atoms with Crippen molar-refractivity contribution in [2.24, 2.45) is 11.8 Å². The van der Waals surface area contributed by atoms with Crippen molar-refractivity contribution in [3.8, 4) is 0 Å². The van der Waals surface area contributed by atoms with Crippen molar-refractivity contribution in [2.45, 2.75) is 25.7 Å². The first-order valence-electron chi connectivity index (χ1n) is 4.00. The van der Waals surface area contributed by atoms with Gasteiger partial charge in [-0.25, -0.2) is 0 Å². The monoisotopic (exact) mass is 364 g/mol. The molecule has 1 fully saturated rings. The normalized spacial score (nSPS) is 34.2. The van der Waals surface area contributed by atoms with Crippen LogP contribution < -0.4 is 0 Å². The average Bonchev–Trinajstić information content (AvgIpc) is 2.04. The van der Waals surface area contributed by atoms with Gasteiger partial charge in [0.15, 0.2) is 0 Å². The van der Waals surface area contributed by atoms with Crippen molar-refractivity contribution in [1.29, 1.82) is 0 Å². The summed E-state index contributed by atoms with van der Waals surface area (Å²) in [6, 6.07) is 0. The summed E-state index contributed by atoms with van der Waals surface area (Å²) in [4.78, 5) is 0. The minimum atomic E-state index is 1.05. The van der Waals surface area contributed by atoms with E-state index in [2.05, 4.69) is 45.2 Å². The Labute approximate surface area is 90.8 Å². The molecule has 0 bridgehead atoms. The molecule has 60 valence electrons. The quantitative estimate of drug-likeness (QED) is 0.518. The molecule has 0 aromatic heterocycles. The zero-order valence-corrected chi connectivity index (χ0v) is 10.5. The van der Waals surface area contributed by atoms with Gasteiger partial charge in [0.2, 0.25) is 0 Å². The van der Waals surface area contributed by atoms with Crippen LogP contribution in [0.5, 0.6) is 0 Å². The third kappa shape index (κ3) is 2.50. The Kier molecular flexibility index (Phi) is 4.93. The van der Waals surface area contributed by atoms with Crippen LogP contribution in [0.3, 0.4) is 0 Å². The fourth-order valence-electron chi connectivity index (χ4n) is 1.69. The van der Waals surface area contributed by atoms with Crippen LogP contribution in [0.4, 0.5) is 0 Å². The Balaban J connectivity index is 2.34. The number of rotatable bonds is 2. The molecule has 1 rings (SSSR count). The Morgan fingerprint density at radius 3 is 1.60 bits per heavy atom. The summed E-state index contributed by atoms with van der Waals surface area (Å²) in [5, 5.41) is 0. The molecule has 0 saturated heterocycles. The lowest BCUT2D eigenvalue weighted by atomic mass is 9.82. The molecule has 1 saturated carbocycles. The molecule has 0 aromatic carbocycles. The fraction of sp³-hybridized carbons (Fsp3) is 1.00. The number of alkyl halides is 2. The van der Waals surface area contributed by atoms with Gasteiger partial charge in [-0.05, 0) is 24.7 Å². The molecule has 0 aliphatic heterocycles. The maximum absolute atomic E-state index is 2.54.